The third kappa shape index (κ3) is 7.46. The summed E-state index contributed by atoms with van der Waals surface area (Å²) in [6.07, 6.45) is 5.34. The van der Waals surface area contributed by atoms with Gasteiger partial charge in [-0.05, 0) is 113 Å². The van der Waals surface area contributed by atoms with Gasteiger partial charge in [-0.25, -0.2) is 0 Å². The number of hydrogen-bond donors (Lipinski definition) is 1. The standard InChI is InChI=1S/C42H37N7O5/c1-27-21-30-16-20-48(25-31(30)22-39(27)52-2)19-15-28-7-9-32(10-8-28)49-46-41(45-47-49)35-23-33(53-26-29-13-17-43-18-14-29)11-12-36(35)44-42(51)40-24-37(50)34-5-3-4-6-38(34)54-40/h3-14,17-18,21-24H,15-16,19-20,25-26H2,1-2H3,(H,44,51). The monoisotopic (exact) mass is 719 g/mol. The van der Waals surface area contributed by atoms with E-state index in [1.807, 2.05) is 24.3 Å². The maximum absolute atomic E-state index is 13.4. The van der Waals surface area contributed by atoms with Crippen LogP contribution in [0.15, 0.2) is 119 Å². The van der Waals surface area contributed by atoms with Gasteiger partial charge in [0.05, 0.1) is 29.4 Å². The zero-order valence-corrected chi connectivity index (χ0v) is 29.9. The van der Waals surface area contributed by atoms with Gasteiger partial charge < -0.3 is 19.2 Å². The summed E-state index contributed by atoms with van der Waals surface area (Å²) in [6.45, 7) is 5.28. The zero-order chi connectivity index (χ0) is 37.0. The fraction of sp³-hybridized carbons (Fsp3) is 0.190. The second-order valence-corrected chi connectivity index (χ2v) is 13.2. The Morgan fingerprint density at radius 3 is 2.59 bits per heavy atom. The van der Waals surface area contributed by atoms with Crippen LogP contribution in [0.4, 0.5) is 5.69 Å². The van der Waals surface area contributed by atoms with E-state index in [4.69, 9.17) is 13.9 Å². The number of hydrogen-bond acceptors (Lipinski definition) is 10. The number of aryl methyl sites for hydroxylation is 1. The van der Waals surface area contributed by atoms with Gasteiger partial charge in [0.15, 0.2) is 11.2 Å². The first-order valence-corrected chi connectivity index (χ1v) is 17.7. The molecule has 0 radical (unpaired) electrons. The van der Waals surface area contributed by atoms with Gasteiger partial charge in [-0.15, -0.1) is 15.0 Å². The molecule has 0 saturated heterocycles. The summed E-state index contributed by atoms with van der Waals surface area (Å²) in [5.74, 6) is 1.01. The van der Waals surface area contributed by atoms with Crippen molar-refractivity contribution < 1.29 is 18.7 Å². The van der Waals surface area contributed by atoms with E-state index in [1.165, 1.54) is 33.1 Å². The van der Waals surface area contributed by atoms with Gasteiger partial charge in [0.1, 0.15) is 23.7 Å². The van der Waals surface area contributed by atoms with Gasteiger partial charge in [-0.1, -0.05) is 30.3 Å². The number of carbonyl (C=O) groups is 1. The Kier molecular flexibility index (Phi) is 9.65. The summed E-state index contributed by atoms with van der Waals surface area (Å²) in [5, 5.41) is 16.6. The molecule has 0 aliphatic carbocycles. The van der Waals surface area contributed by atoms with Crippen LogP contribution in [0.3, 0.4) is 0 Å². The van der Waals surface area contributed by atoms with Crippen LogP contribution in [-0.4, -0.2) is 56.2 Å². The molecule has 0 saturated carbocycles. The highest BCUT2D eigenvalue weighted by molar-refractivity contribution is 6.05. The fourth-order valence-electron chi connectivity index (χ4n) is 6.65. The summed E-state index contributed by atoms with van der Waals surface area (Å²) in [5.41, 5.74) is 7.67. The number of anilines is 1. The Bertz CT molecular complexity index is 2510. The lowest BCUT2D eigenvalue weighted by Crippen LogP contribution is -2.32. The number of tetrazole rings is 1. The van der Waals surface area contributed by atoms with Crippen molar-refractivity contribution in [2.45, 2.75) is 32.9 Å². The third-order valence-electron chi connectivity index (χ3n) is 9.60. The predicted octanol–water partition coefficient (Wildman–Crippen LogP) is 6.58. The SMILES string of the molecule is COc1cc2c(cc1C)CCN(CCc1ccc(-n3nnc(-c4cc(OCc5ccncc5)ccc4NC(=O)c4cc(=O)c5ccccc5o4)n3)cc1)C2. The first kappa shape index (κ1) is 34.4. The van der Waals surface area contributed by atoms with E-state index < -0.39 is 5.91 Å². The van der Waals surface area contributed by atoms with Crippen molar-refractivity contribution in [3.8, 4) is 28.6 Å². The molecule has 1 amide bonds. The van der Waals surface area contributed by atoms with E-state index in [-0.39, 0.29) is 17.0 Å². The first-order chi connectivity index (χ1) is 26.4. The molecule has 3 aromatic heterocycles. The highest BCUT2D eigenvalue weighted by Gasteiger charge is 2.20. The first-order valence-electron chi connectivity index (χ1n) is 17.7. The minimum atomic E-state index is -0.601. The van der Waals surface area contributed by atoms with Crippen LogP contribution in [0.2, 0.25) is 0 Å². The van der Waals surface area contributed by atoms with Crippen molar-refractivity contribution in [2.24, 2.45) is 0 Å². The minimum Gasteiger partial charge on any atom is -0.496 e. The zero-order valence-electron chi connectivity index (χ0n) is 29.9. The Balaban J connectivity index is 0.997. The van der Waals surface area contributed by atoms with E-state index >= 15 is 0 Å². The highest BCUT2D eigenvalue weighted by atomic mass is 16.5. The second kappa shape index (κ2) is 15.1. The number of fused-ring (bicyclic) bond motifs is 2. The number of benzene rings is 4. The number of rotatable bonds is 11. The summed E-state index contributed by atoms with van der Waals surface area (Å²) in [4.78, 5) is 34.2. The maximum Gasteiger partial charge on any atom is 0.291 e. The number of amides is 1. The van der Waals surface area contributed by atoms with E-state index in [2.05, 4.69) is 61.8 Å². The number of ether oxygens (including phenoxy) is 2. The molecule has 0 bridgehead atoms. The average molecular weight is 720 g/mol. The average Bonchev–Trinajstić information content (AvgIpc) is 3.70. The number of nitrogens with zero attached hydrogens (tertiary/aromatic N) is 6. The maximum atomic E-state index is 13.4. The third-order valence-corrected chi connectivity index (χ3v) is 9.60. The molecule has 0 atom stereocenters. The fourth-order valence-corrected chi connectivity index (χ4v) is 6.65. The van der Waals surface area contributed by atoms with E-state index in [0.29, 0.717) is 34.6 Å². The number of nitrogens with one attached hydrogen (secondary N) is 1. The number of pyridine rings is 1. The summed E-state index contributed by atoms with van der Waals surface area (Å²) in [7, 11) is 1.72. The van der Waals surface area contributed by atoms with Gasteiger partial charge in [-0.2, -0.15) is 0 Å². The predicted molar refractivity (Wildman–Crippen MR) is 204 cm³/mol. The molecule has 12 nitrogen and oxygen atoms in total. The molecule has 7 aromatic rings. The quantitative estimate of drug-likeness (QED) is 0.156. The molecule has 270 valence electrons. The van der Waals surface area contributed by atoms with Crippen molar-refractivity contribution in [1.29, 1.82) is 0 Å². The molecular formula is C42H37N7O5. The van der Waals surface area contributed by atoms with Gasteiger partial charge in [0, 0.05) is 38.1 Å². The molecule has 1 N–H and O–H groups in total. The molecule has 8 rings (SSSR count). The Morgan fingerprint density at radius 1 is 0.926 bits per heavy atom. The Labute approximate surface area is 311 Å². The summed E-state index contributed by atoms with van der Waals surface area (Å²) in [6, 6.07) is 29.4. The molecular weight excluding hydrogens is 683 g/mol. The van der Waals surface area contributed by atoms with E-state index in [9.17, 15) is 9.59 Å². The summed E-state index contributed by atoms with van der Waals surface area (Å²) >= 11 is 0. The number of methoxy groups -OCH3 is 1. The highest BCUT2D eigenvalue weighted by Crippen LogP contribution is 2.31. The minimum absolute atomic E-state index is 0.125. The second-order valence-electron chi connectivity index (χ2n) is 13.2. The number of aromatic nitrogens is 5. The molecule has 4 aromatic carbocycles. The molecule has 0 unspecified atom stereocenters. The van der Waals surface area contributed by atoms with E-state index in [0.717, 1.165) is 49.5 Å². The van der Waals surface area contributed by atoms with Crippen LogP contribution in [0.5, 0.6) is 11.5 Å². The molecule has 0 fully saturated rings. The molecule has 54 heavy (non-hydrogen) atoms. The van der Waals surface area contributed by atoms with Gasteiger partial charge in [-0.3, -0.25) is 19.5 Å². The molecule has 0 spiro atoms. The molecule has 1 aliphatic heterocycles. The van der Waals surface area contributed by atoms with Gasteiger partial charge in [0.25, 0.3) is 5.91 Å². The lowest BCUT2D eigenvalue weighted by Gasteiger charge is -2.29. The lowest BCUT2D eigenvalue weighted by atomic mass is 9.96. The Hall–Kier alpha value is -6.66. The van der Waals surface area contributed by atoms with Crippen LogP contribution in [0.25, 0.3) is 28.0 Å². The largest absolute Gasteiger partial charge is 0.496 e. The van der Waals surface area contributed by atoms with Crippen molar-refractivity contribution in [3.63, 3.8) is 0 Å². The van der Waals surface area contributed by atoms with Gasteiger partial charge in [0.2, 0.25) is 5.82 Å². The van der Waals surface area contributed by atoms with Crippen molar-refractivity contribution in [3.05, 3.63) is 153 Å². The van der Waals surface area contributed by atoms with Crippen LogP contribution in [0.1, 0.15) is 38.4 Å². The lowest BCUT2D eigenvalue weighted by molar-refractivity contribution is 0.0997. The normalized spacial score (nSPS) is 12.7. The molecule has 12 heteroatoms. The number of para-hydroxylation sites is 1. The van der Waals surface area contributed by atoms with Crippen LogP contribution in [-0.2, 0) is 26.0 Å². The van der Waals surface area contributed by atoms with Gasteiger partial charge >= 0.3 is 0 Å². The van der Waals surface area contributed by atoms with Crippen LogP contribution >= 0.6 is 0 Å². The van der Waals surface area contributed by atoms with Crippen LogP contribution in [0, 0.1) is 6.92 Å². The van der Waals surface area contributed by atoms with Crippen molar-refractivity contribution in [1.82, 2.24) is 30.1 Å². The Morgan fingerprint density at radius 2 is 1.76 bits per heavy atom. The van der Waals surface area contributed by atoms with Crippen molar-refractivity contribution >= 4 is 22.6 Å². The summed E-state index contributed by atoms with van der Waals surface area (Å²) < 4.78 is 17.4. The number of carbonyl (C=O) groups excluding carboxylic acids is 1. The van der Waals surface area contributed by atoms with E-state index in [1.54, 1.807) is 62.0 Å². The topological polar surface area (TPSA) is 138 Å². The molecule has 1 aliphatic rings. The smallest absolute Gasteiger partial charge is 0.291 e. The molecule has 4 heterocycles. The van der Waals surface area contributed by atoms with Crippen LogP contribution < -0.4 is 20.2 Å². The van der Waals surface area contributed by atoms with Crippen molar-refractivity contribution in [2.75, 3.05) is 25.5 Å².